The zero-order valence-electron chi connectivity index (χ0n) is 7.56. The van der Waals surface area contributed by atoms with Gasteiger partial charge >= 0.3 is 0 Å². The summed E-state index contributed by atoms with van der Waals surface area (Å²) in [6.45, 7) is 2.13. The number of alkyl halides is 2. The molecule has 0 amide bonds. The molecular weight excluding hydrogens is 292 g/mol. The highest BCUT2D eigenvalue weighted by Gasteiger charge is 2.49. The second-order valence-electron chi connectivity index (χ2n) is 3.85. The lowest BCUT2D eigenvalue weighted by molar-refractivity contribution is 0.831. The van der Waals surface area contributed by atoms with Crippen LogP contribution in [0.25, 0.3) is 0 Å². The Kier molecular flexibility index (Phi) is 2.54. The molecule has 1 aromatic carbocycles. The van der Waals surface area contributed by atoms with Crippen LogP contribution in [0.15, 0.2) is 24.3 Å². The maximum atomic E-state index is 3.64. The summed E-state index contributed by atoms with van der Waals surface area (Å²) in [5.41, 5.74) is 2.78. The first-order chi connectivity index (χ1) is 6.08. The fraction of sp³-hybridized carbons (Fsp3) is 0.455. The molecule has 0 aliphatic heterocycles. The first-order valence-electron chi connectivity index (χ1n) is 4.51. The highest BCUT2D eigenvalue weighted by atomic mass is 79.9. The van der Waals surface area contributed by atoms with Crippen molar-refractivity contribution in [1.29, 1.82) is 0 Å². The highest BCUT2D eigenvalue weighted by Crippen LogP contribution is 2.57. The van der Waals surface area contributed by atoms with Crippen LogP contribution < -0.4 is 0 Å². The van der Waals surface area contributed by atoms with Crippen molar-refractivity contribution in [3.8, 4) is 0 Å². The molecule has 1 unspecified atom stereocenters. The number of hydrogen-bond acceptors (Lipinski definition) is 0. The first-order valence-corrected chi connectivity index (χ1v) is 6.10. The van der Waals surface area contributed by atoms with Gasteiger partial charge in [0.1, 0.15) is 0 Å². The Bertz CT molecular complexity index is 300. The van der Waals surface area contributed by atoms with Crippen molar-refractivity contribution in [2.75, 3.05) is 0 Å². The quantitative estimate of drug-likeness (QED) is 0.723. The third-order valence-corrected chi connectivity index (χ3v) is 4.50. The van der Waals surface area contributed by atoms with Gasteiger partial charge in [-0.15, -0.1) is 0 Å². The highest BCUT2D eigenvalue weighted by molar-refractivity contribution is 9.25. The fourth-order valence-electron chi connectivity index (χ4n) is 1.50. The number of hydrogen-bond donors (Lipinski definition) is 0. The van der Waals surface area contributed by atoms with Crippen LogP contribution in [0.2, 0.25) is 0 Å². The smallest absolute Gasteiger partial charge is 0.0724 e. The van der Waals surface area contributed by atoms with Gasteiger partial charge in [0.05, 0.1) is 3.23 Å². The SMILES string of the molecule is Cc1ccc(CC2CC2(Br)Br)cc1. The zero-order valence-corrected chi connectivity index (χ0v) is 10.7. The summed E-state index contributed by atoms with van der Waals surface area (Å²) in [6.07, 6.45) is 2.41. The minimum Gasteiger partial charge on any atom is -0.0724 e. The molecule has 0 nitrogen and oxygen atoms in total. The molecule has 0 N–H and O–H groups in total. The number of halogens is 2. The lowest BCUT2D eigenvalue weighted by Crippen LogP contribution is -1.93. The largest absolute Gasteiger partial charge is 0.0841 e. The molecule has 1 aromatic rings. The fourth-order valence-corrected chi connectivity index (χ4v) is 2.61. The van der Waals surface area contributed by atoms with E-state index in [2.05, 4.69) is 63.0 Å². The average molecular weight is 304 g/mol. The maximum Gasteiger partial charge on any atom is 0.0841 e. The molecule has 0 aromatic heterocycles. The molecule has 0 heterocycles. The molecule has 1 fully saturated rings. The summed E-state index contributed by atoms with van der Waals surface area (Å²) in [7, 11) is 0. The molecule has 2 rings (SSSR count). The van der Waals surface area contributed by atoms with Crippen LogP contribution in [0.4, 0.5) is 0 Å². The van der Waals surface area contributed by atoms with Gasteiger partial charge in [-0.2, -0.15) is 0 Å². The monoisotopic (exact) mass is 302 g/mol. The van der Waals surface area contributed by atoms with Crippen LogP contribution in [0, 0.1) is 12.8 Å². The second kappa shape index (κ2) is 3.39. The van der Waals surface area contributed by atoms with Crippen LogP contribution in [0.1, 0.15) is 17.5 Å². The Morgan fingerprint density at radius 2 is 1.85 bits per heavy atom. The third kappa shape index (κ3) is 2.35. The molecule has 70 valence electrons. The van der Waals surface area contributed by atoms with Crippen molar-refractivity contribution in [2.45, 2.75) is 23.0 Å². The molecule has 0 spiro atoms. The third-order valence-electron chi connectivity index (χ3n) is 2.56. The van der Waals surface area contributed by atoms with Gasteiger partial charge in [0.15, 0.2) is 0 Å². The molecule has 13 heavy (non-hydrogen) atoms. The normalized spacial score (nSPS) is 24.4. The van der Waals surface area contributed by atoms with Crippen molar-refractivity contribution < 1.29 is 0 Å². The summed E-state index contributed by atoms with van der Waals surface area (Å²) < 4.78 is 0.241. The summed E-state index contributed by atoms with van der Waals surface area (Å²) in [6, 6.07) is 8.82. The molecule has 1 aliphatic rings. The zero-order chi connectivity index (χ0) is 9.47. The van der Waals surface area contributed by atoms with Crippen molar-refractivity contribution in [1.82, 2.24) is 0 Å². The van der Waals surface area contributed by atoms with Crippen molar-refractivity contribution in [2.24, 2.45) is 5.92 Å². The van der Waals surface area contributed by atoms with E-state index in [0.29, 0.717) is 0 Å². The summed E-state index contributed by atoms with van der Waals surface area (Å²) in [4.78, 5) is 0. The molecule has 0 bridgehead atoms. The van der Waals surface area contributed by atoms with Crippen LogP contribution in [0.3, 0.4) is 0 Å². The molecule has 1 aliphatic carbocycles. The predicted molar refractivity (Wildman–Crippen MR) is 63.6 cm³/mol. The van der Waals surface area contributed by atoms with E-state index in [-0.39, 0.29) is 3.23 Å². The van der Waals surface area contributed by atoms with Crippen molar-refractivity contribution in [3.05, 3.63) is 35.4 Å². The minimum atomic E-state index is 0.241. The maximum absolute atomic E-state index is 3.64. The van der Waals surface area contributed by atoms with Gasteiger partial charge in [0, 0.05) is 0 Å². The van der Waals surface area contributed by atoms with Crippen LogP contribution >= 0.6 is 31.9 Å². The Morgan fingerprint density at radius 1 is 1.31 bits per heavy atom. The number of aryl methyl sites for hydroxylation is 1. The van der Waals surface area contributed by atoms with Gasteiger partial charge < -0.3 is 0 Å². The molecule has 1 saturated carbocycles. The average Bonchev–Trinajstić information content (AvgIpc) is 2.64. The van der Waals surface area contributed by atoms with E-state index < -0.39 is 0 Å². The van der Waals surface area contributed by atoms with E-state index in [1.807, 2.05) is 0 Å². The Balaban J connectivity index is 2.00. The first kappa shape index (κ1) is 9.72. The van der Waals surface area contributed by atoms with Crippen LogP contribution in [0.5, 0.6) is 0 Å². The summed E-state index contributed by atoms with van der Waals surface area (Å²) in [5, 5.41) is 0. The van der Waals surface area contributed by atoms with Gasteiger partial charge in [0.2, 0.25) is 0 Å². The molecule has 2 heteroatoms. The summed E-state index contributed by atoms with van der Waals surface area (Å²) in [5.74, 6) is 0.759. The van der Waals surface area contributed by atoms with Crippen LogP contribution in [-0.4, -0.2) is 3.23 Å². The molecule has 1 atom stereocenters. The Morgan fingerprint density at radius 3 is 2.31 bits per heavy atom. The van der Waals surface area contributed by atoms with Gasteiger partial charge in [-0.25, -0.2) is 0 Å². The Labute approximate surface area is 96.0 Å². The van der Waals surface area contributed by atoms with E-state index in [9.17, 15) is 0 Å². The second-order valence-corrected chi connectivity index (χ2v) is 7.75. The van der Waals surface area contributed by atoms with E-state index in [0.717, 1.165) is 5.92 Å². The topological polar surface area (TPSA) is 0 Å². The van der Waals surface area contributed by atoms with Gasteiger partial charge in [-0.1, -0.05) is 61.7 Å². The molecule has 0 saturated heterocycles. The standard InChI is InChI=1S/C11H12Br2/c1-8-2-4-9(5-3-8)6-10-7-11(10,12)13/h2-5,10H,6-7H2,1H3. The van der Waals surface area contributed by atoms with E-state index in [1.165, 1.54) is 24.0 Å². The van der Waals surface area contributed by atoms with Crippen molar-refractivity contribution in [3.63, 3.8) is 0 Å². The number of rotatable bonds is 2. The van der Waals surface area contributed by atoms with Crippen molar-refractivity contribution >= 4 is 31.9 Å². The lowest BCUT2D eigenvalue weighted by Gasteiger charge is -2.01. The molecule has 0 radical (unpaired) electrons. The van der Waals surface area contributed by atoms with Crippen LogP contribution in [-0.2, 0) is 6.42 Å². The van der Waals surface area contributed by atoms with E-state index in [4.69, 9.17) is 0 Å². The van der Waals surface area contributed by atoms with Gasteiger partial charge in [-0.05, 0) is 31.2 Å². The van der Waals surface area contributed by atoms with Gasteiger partial charge in [0.25, 0.3) is 0 Å². The van der Waals surface area contributed by atoms with E-state index >= 15 is 0 Å². The number of benzene rings is 1. The lowest BCUT2D eigenvalue weighted by atomic mass is 10.1. The minimum absolute atomic E-state index is 0.241. The Hall–Kier alpha value is 0.180. The van der Waals surface area contributed by atoms with Gasteiger partial charge in [-0.3, -0.25) is 0 Å². The summed E-state index contributed by atoms with van der Waals surface area (Å²) >= 11 is 7.28. The van der Waals surface area contributed by atoms with E-state index in [1.54, 1.807) is 0 Å². The predicted octanol–water partition coefficient (Wildman–Crippen LogP) is 4.04. The molecular formula is C11H12Br2.